The van der Waals surface area contributed by atoms with Gasteiger partial charge in [0.05, 0.1) is 11.8 Å². The van der Waals surface area contributed by atoms with Crippen molar-refractivity contribution in [3.05, 3.63) is 35.9 Å². The van der Waals surface area contributed by atoms with Gasteiger partial charge in [0.25, 0.3) is 0 Å². The molecule has 0 spiro atoms. The maximum atomic E-state index is 12.9. The van der Waals surface area contributed by atoms with E-state index >= 15 is 0 Å². The van der Waals surface area contributed by atoms with Crippen molar-refractivity contribution in [2.75, 3.05) is 0 Å². The van der Waals surface area contributed by atoms with Gasteiger partial charge in [0.1, 0.15) is 12.2 Å². The van der Waals surface area contributed by atoms with Crippen LogP contribution in [0.1, 0.15) is 64.9 Å². The lowest BCUT2D eigenvalue weighted by Crippen LogP contribution is -2.37. The highest BCUT2D eigenvalue weighted by Gasteiger charge is 2.41. The van der Waals surface area contributed by atoms with E-state index in [0.29, 0.717) is 18.8 Å². The van der Waals surface area contributed by atoms with Gasteiger partial charge < -0.3 is 9.47 Å². The van der Waals surface area contributed by atoms with Crippen LogP contribution >= 0.6 is 0 Å². The molecular formula is C23H31F3O4. The van der Waals surface area contributed by atoms with Crippen LogP contribution < -0.4 is 0 Å². The molecular weight excluding hydrogens is 397 g/mol. The van der Waals surface area contributed by atoms with Crippen LogP contribution in [0.25, 0.3) is 0 Å². The first kappa shape index (κ1) is 24.2. The van der Waals surface area contributed by atoms with Gasteiger partial charge in [0.15, 0.2) is 0 Å². The number of carbonyl (C=O) groups excluding carboxylic acids is 2. The molecule has 0 radical (unpaired) electrons. The number of benzene rings is 1. The minimum absolute atomic E-state index is 0.0497. The predicted molar refractivity (Wildman–Crippen MR) is 106 cm³/mol. The largest absolute Gasteiger partial charge is 0.461 e. The van der Waals surface area contributed by atoms with Crippen molar-refractivity contribution in [2.24, 2.45) is 17.8 Å². The van der Waals surface area contributed by atoms with Crippen molar-refractivity contribution in [3.8, 4) is 0 Å². The van der Waals surface area contributed by atoms with Crippen molar-refractivity contribution in [2.45, 2.75) is 77.7 Å². The smallest absolute Gasteiger partial charge is 0.389 e. The van der Waals surface area contributed by atoms with E-state index in [1.165, 1.54) is 0 Å². The fourth-order valence-electron chi connectivity index (χ4n) is 3.32. The van der Waals surface area contributed by atoms with E-state index in [0.717, 1.165) is 18.4 Å². The molecule has 0 aliphatic heterocycles. The Bertz CT molecular complexity index is 691. The SMILES string of the molecule is CC(C)(C)OC(=O)[C@H](CCC1CC1)[C@@H](CCC(F)(F)F)C(=O)OCc1ccccc1. The Hall–Kier alpha value is -2.05. The zero-order chi connectivity index (χ0) is 22.4. The molecule has 1 aromatic carbocycles. The molecule has 0 amide bonds. The number of alkyl halides is 3. The Kier molecular flexibility index (Phi) is 8.33. The van der Waals surface area contributed by atoms with Gasteiger partial charge in [-0.05, 0) is 51.5 Å². The summed E-state index contributed by atoms with van der Waals surface area (Å²) in [4.78, 5) is 25.6. The average molecular weight is 428 g/mol. The van der Waals surface area contributed by atoms with E-state index in [2.05, 4.69) is 0 Å². The number of esters is 2. The summed E-state index contributed by atoms with van der Waals surface area (Å²) in [5, 5.41) is 0. The molecule has 1 fully saturated rings. The molecule has 2 atom stereocenters. The van der Waals surface area contributed by atoms with E-state index in [-0.39, 0.29) is 6.61 Å². The molecule has 1 aromatic rings. The topological polar surface area (TPSA) is 52.6 Å². The normalized spacial score (nSPS) is 16.6. The number of rotatable bonds is 10. The second-order valence-corrected chi connectivity index (χ2v) is 9.01. The summed E-state index contributed by atoms with van der Waals surface area (Å²) < 4.78 is 49.5. The zero-order valence-corrected chi connectivity index (χ0v) is 17.8. The number of halogens is 3. The maximum Gasteiger partial charge on any atom is 0.389 e. The third kappa shape index (κ3) is 9.18. The molecule has 1 aliphatic carbocycles. The van der Waals surface area contributed by atoms with Crippen LogP contribution in [-0.2, 0) is 25.7 Å². The summed E-state index contributed by atoms with van der Waals surface area (Å²) in [6.07, 6.45) is -2.96. The lowest BCUT2D eigenvalue weighted by molar-refractivity contribution is -0.172. The van der Waals surface area contributed by atoms with Gasteiger partial charge in [-0.3, -0.25) is 9.59 Å². The highest BCUT2D eigenvalue weighted by atomic mass is 19.4. The quantitative estimate of drug-likeness (QED) is 0.440. The van der Waals surface area contributed by atoms with Crippen LogP contribution in [0.3, 0.4) is 0 Å². The molecule has 4 nitrogen and oxygen atoms in total. The highest BCUT2D eigenvalue weighted by Crippen LogP contribution is 2.38. The summed E-state index contributed by atoms with van der Waals surface area (Å²) in [6, 6.07) is 8.90. The molecule has 0 aromatic heterocycles. The third-order valence-corrected chi connectivity index (χ3v) is 5.04. The van der Waals surface area contributed by atoms with Crippen molar-refractivity contribution in [1.29, 1.82) is 0 Å². The molecule has 1 saturated carbocycles. The van der Waals surface area contributed by atoms with Gasteiger partial charge in [0.2, 0.25) is 0 Å². The Morgan fingerprint density at radius 3 is 2.13 bits per heavy atom. The maximum absolute atomic E-state index is 12.9. The Morgan fingerprint density at radius 1 is 1.00 bits per heavy atom. The second-order valence-electron chi connectivity index (χ2n) is 9.01. The van der Waals surface area contributed by atoms with Crippen LogP contribution in [-0.4, -0.2) is 23.7 Å². The fraction of sp³-hybridized carbons (Fsp3) is 0.652. The van der Waals surface area contributed by atoms with Crippen molar-refractivity contribution < 1.29 is 32.2 Å². The lowest BCUT2D eigenvalue weighted by Gasteiger charge is -2.28. The van der Waals surface area contributed by atoms with Crippen LogP contribution in [0.15, 0.2) is 30.3 Å². The Balaban J connectivity index is 2.16. The number of hydrogen-bond acceptors (Lipinski definition) is 4. The second kappa shape index (κ2) is 10.3. The van der Waals surface area contributed by atoms with Crippen molar-refractivity contribution in [3.63, 3.8) is 0 Å². The molecule has 0 heterocycles. The molecule has 168 valence electrons. The summed E-state index contributed by atoms with van der Waals surface area (Å²) in [5.74, 6) is -3.08. The molecule has 7 heteroatoms. The lowest BCUT2D eigenvalue weighted by atomic mass is 9.84. The number of ether oxygens (including phenoxy) is 2. The first-order valence-electron chi connectivity index (χ1n) is 10.4. The van der Waals surface area contributed by atoms with Crippen LogP contribution in [0.4, 0.5) is 13.2 Å². The Morgan fingerprint density at radius 2 is 1.60 bits per heavy atom. The zero-order valence-electron chi connectivity index (χ0n) is 17.8. The average Bonchev–Trinajstić information content (AvgIpc) is 3.45. The molecule has 0 unspecified atom stereocenters. The van der Waals surface area contributed by atoms with Crippen molar-refractivity contribution in [1.82, 2.24) is 0 Å². The van der Waals surface area contributed by atoms with Crippen LogP contribution in [0.2, 0.25) is 0 Å². The monoisotopic (exact) mass is 428 g/mol. The molecule has 30 heavy (non-hydrogen) atoms. The summed E-state index contributed by atoms with van der Waals surface area (Å²) >= 11 is 0. The summed E-state index contributed by atoms with van der Waals surface area (Å²) in [7, 11) is 0. The first-order valence-corrected chi connectivity index (χ1v) is 10.4. The van der Waals surface area contributed by atoms with Crippen LogP contribution in [0, 0.1) is 17.8 Å². The van der Waals surface area contributed by atoms with Crippen molar-refractivity contribution >= 4 is 11.9 Å². The molecule has 0 bridgehead atoms. The summed E-state index contributed by atoms with van der Waals surface area (Å²) in [6.45, 7) is 5.04. The van der Waals surface area contributed by atoms with Gasteiger partial charge in [-0.1, -0.05) is 43.2 Å². The van der Waals surface area contributed by atoms with E-state index in [4.69, 9.17) is 9.47 Å². The Labute approximate surface area is 176 Å². The minimum atomic E-state index is -4.42. The standard InChI is InChI=1S/C23H31F3O4/c1-22(2,3)30-21(28)18(12-11-16-9-10-16)19(13-14-23(24,25)26)20(27)29-15-17-7-5-4-6-8-17/h4-8,16,18-19H,9-15H2,1-3H3/t18-,19-/m1/s1. The minimum Gasteiger partial charge on any atom is -0.461 e. The predicted octanol–water partition coefficient (Wildman–Crippen LogP) is 5.84. The molecule has 1 aliphatic rings. The van der Waals surface area contributed by atoms with Gasteiger partial charge in [-0.25, -0.2) is 0 Å². The van der Waals surface area contributed by atoms with E-state index in [1.807, 2.05) is 6.07 Å². The van der Waals surface area contributed by atoms with Gasteiger partial charge >= 0.3 is 18.1 Å². The van der Waals surface area contributed by atoms with Gasteiger partial charge in [-0.2, -0.15) is 13.2 Å². The summed E-state index contributed by atoms with van der Waals surface area (Å²) in [5.41, 5.74) is -0.0653. The van der Waals surface area contributed by atoms with Gasteiger partial charge in [0, 0.05) is 6.42 Å². The van der Waals surface area contributed by atoms with Gasteiger partial charge in [-0.15, -0.1) is 0 Å². The molecule has 2 rings (SSSR count). The third-order valence-electron chi connectivity index (χ3n) is 5.04. The number of hydrogen-bond donors (Lipinski definition) is 0. The first-order chi connectivity index (χ1) is 13.9. The van der Waals surface area contributed by atoms with E-state index < -0.39 is 48.4 Å². The number of carbonyl (C=O) groups is 2. The molecule has 0 saturated heterocycles. The van der Waals surface area contributed by atoms with Crippen LogP contribution in [0.5, 0.6) is 0 Å². The van der Waals surface area contributed by atoms with E-state index in [1.54, 1.807) is 45.0 Å². The highest BCUT2D eigenvalue weighted by molar-refractivity contribution is 5.82. The fourth-order valence-corrected chi connectivity index (χ4v) is 3.32. The van der Waals surface area contributed by atoms with E-state index in [9.17, 15) is 22.8 Å². The molecule has 0 N–H and O–H groups in total.